The zero-order valence-corrected chi connectivity index (χ0v) is 15.0. The van der Waals surface area contributed by atoms with E-state index < -0.39 is 6.04 Å². The molecule has 26 heavy (non-hydrogen) atoms. The summed E-state index contributed by atoms with van der Waals surface area (Å²) in [6.07, 6.45) is 0. The van der Waals surface area contributed by atoms with Crippen molar-refractivity contribution in [1.29, 1.82) is 0 Å². The molecule has 0 spiro atoms. The van der Waals surface area contributed by atoms with Gasteiger partial charge < -0.3 is 14.6 Å². The van der Waals surface area contributed by atoms with Crippen molar-refractivity contribution in [1.82, 2.24) is 15.5 Å². The first-order chi connectivity index (χ1) is 12.6. The Labute approximate surface area is 152 Å². The Bertz CT molecular complexity index is 905. The minimum Gasteiger partial charge on any atom is -0.493 e. The molecule has 3 rings (SSSR count). The average Bonchev–Trinajstić information content (AvgIpc) is 3.13. The highest BCUT2D eigenvalue weighted by atomic mass is 16.5. The first-order valence-electron chi connectivity index (χ1n) is 8.52. The zero-order valence-electron chi connectivity index (χ0n) is 15.0. The van der Waals surface area contributed by atoms with Crippen LogP contribution in [0.2, 0.25) is 0 Å². The summed E-state index contributed by atoms with van der Waals surface area (Å²) in [5.74, 6) is 1.16. The molecule has 1 aromatic heterocycles. The number of ether oxygens (including phenoxy) is 1. The molecule has 0 aliphatic rings. The van der Waals surface area contributed by atoms with E-state index in [1.165, 1.54) is 0 Å². The molecular formula is C20H21N3O3. The van der Waals surface area contributed by atoms with Crippen LogP contribution in [-0.4, -0.2) is 22.7 Å². The molecule has 3 aromatic rings. The second-order valence-electron chi connectivity index (χ2n) is 5.90. The smallest absolute Gasteiger partial charge is 0.255 e. The SMILES string of the molecule is CCOc1ccccc1C(=O)N[C@H](C)c1nc(-c2ccccc2C)no1. The summed E-state index contributed by atoms with van der Waals surface area (Å²) in [6, 6.07) is 14.5. The summed E-state index contributed by atoms with van der Waals surface area (Å²) in [6.45, 7) is 6.16. The van der Waals surface area contributed by atoms with Crippen molar-refractivity contribution in [3.05, 3.63) is 65.5 Å². The van der Waals surface area contributed by atoms with Gasteiger partial charge in [-0.15, -0.1) is 0 Å². The molecule has 2 aromatic carbocycles. The number of rotatable bonds is 6. The number of nitrogens with one attached hydrogen (secondary N) is 1. The van der Waals surface area contributed by atoms with Crippen LogP contribution in [0.15, 0.2) is 53.1 Å². The number of carbonyl (C=O) groups excluding carboxylic acids is 1. The van der Waals surface area contributed by atoms with Gasteiger partial charge >= 0.3 is 0 Å². The first kappa shape index (κ1) is 17.7. The number of amides is 1. The lowest BCUT2D eigenvalue weighted by Gasteiger charge is -2.12. The van der Waals surface area contributed by atoms with Crippen LogP contribution in [0.5, 0.6) is 5.75 Å². The van der Waals surface area contributed by atoms with Gasteiger partial charge in [0.15, 0.2) is 0 Å². The normalized spacial score (nSPS) is 11.8. The summed E-state index contributed by atoms with van der Waals surface area (Å²) in [5.41, 5.74) is 2.43. The van der Waals surface area contributed by atoms with Gasteiger partial charge in [-0.25, -0.2) is 0 Å². The average molecular weight is 351 g/mol. The minimum absolute atomic E-state index is 0.253. The third-order valence-electron chi connectivity index (χ3n) is 3.98. The van der Waals surface area contributed by atoms with E-state index in [1.54, 1.807) is 25.1 Å². The van der Waals surface area contributed by atoms with E-state index in [0.717, 1.165) is 11.1 Å². The Hall–Kier alpha value is -3.15. The molecule has 0 aliphatic heterocycles. The van der Waals surface area contributed by atoms with Gasteiger partial charge in [-0.05, 0) is 38.5 Å². The molecule has 6 heteroatoms. The summed E-state index contributed by atoms with van der Waals surface area (Å²) in [4.78, 5) is 17.0. The summed E-state index contributed by atoms with van der Waals surface area (Å²) < 4.78 is 10.9. The summed E-state index contributed by atoms with van der Waals surface area (Å²) >= 11 is 0. The van der Waals surface area contributed by atoms with E-state index in [2.05, 4.69) is 15.5 Å². The van der Waals surface area contributed by atoms with E-state index in [4.69, 9.17) is 9.26 Å². The molecule has 1 heterocycles. The minimum atomic E-state index is -0.428. The fourth-order valence-electron chi connectivity index (χ4n) is 2.62. The highest BCUT2D eigenvalue weighted by Gasteiger charge is 2.20. The Balaban J connectivity index is 1.76. The van der Waals surface area contributed by atoms with E-state index in [0.29, 0.717) is 29.6 Å². The maximum Gasteiger partial charge on any atom is 0.255 e. The van der Waals surface area contributed by atoms with Crippen LogP contribution in [0, 0.1) is 6.92 Å². The first-order valence-corrected chi connectivity index (χ1v) is 8.52. The van der Waals surface area contributed by atoms with Crippen LogP contribution in [0.25, 0.3) is 11.4 Å². The number of hydrogen-bond acceptors (Lipinski definition) is 5. The van der Waals surface area contributed by atoms with E-state index in [9.17, 15) is 4.79 Å². The molecule has 1 atom stereocenters. The summed E-state index contributed by atoms with van der Waals surface area (Å²) in [7, 11) is 0. The number of aryl methyl sites for hydroxylation is 1. The lowest BCUT2D eigenvalue weighted by molar-refractivity contribution is 0.0928. The van der Waals surface area contributed by atoms with Crippen LogP contribution in [-0.2, 0) is 0 Å². The number of hydrogen-bond donors (Lipinski definition) is 1. The van der Waals surface area contributed by atoms with Crippen LogP contribution in [0.3, 0.4) is 0 Å². The van der Waals surface area contributed by atoms with E-state index >= 15 is 0 Å². The maximum absolute atomic E-state index is 12.6. The molecule has 0 saturated heterocycles. The second-order valence-corrected chi connectivity index (χ2v) is 5.90. The molecule has 0 aliphatic carbocycles. The van der Waals surface area contributed by atoms with Crippen LogP contribution in [0.1, 0.15) is 41.7 Å². The molecule has 0 unspecified atom stereocenters. The Morgan fingerprint density at radius 3 is 2.69 bits per heavy atom. The van der Waals surface area contributed by atoms with Crippen molar-refractivity contribution < 1.29 is 14.1 Å². The van der Waals surface area contributed by atoms with Crippen molar-refractivity contribution in [3.63, 3.8) is 0 Å². The number of para-hydroxylation sites is 1. The molecular weight excluding hydrogens is 330 g/mol. The molecule has 0 radical (unpaired) electrons. The molecule has 134 valence electrons. The lowest BCUT2D eigenvalue weighted by Crippen LogP contribution is -2.27. The third kappa shape index (κ3) is 3.74. The van der Waals surface area contributed by atoms with E-state index in [-0.39, 0.29) is 5.91 Å². The van der Waals surface area contributed by atoms with Gasteiger partial charge in [0.1, 0.15) is 11.8 Å². The van der Waals surface area contributed by atoms with Crippen LogP contribution < -0.4 is 10.1 Å². The molecule has 6 nitrogen and oxygen atoms in total. The van der Waals surface area contributed by atoms with Crippen molar-refractivity contribution in [2.75, 3.05) is 6.61 Å². The molecule has 1 amide bonds. The highest BCUT2D eigenvalue weighted by molar-refractivity contribution is 5.97. The standard InChI is InChI=1S/C20H21N3O3/c1-4-25-17-12-8-7-11-16(17)19(24)21-14(3)20-22-18(23-26-20)15-10-6-5-9-13(15)2/h5-12,14H,4H2,1-3H3,(H,21,24)/t14-/m1/s1. The van der Waals surface area contributed by atoms with Gasteiger partial charge in [0.05, 0.1) is 12.2 Å². The molecule has 1 N–H and O–H groups in total. The van der Waals surface area contributed by atoms with Crippen molar-refractivity contribution in [2.45, 2.75) is 26.8 Å². The van der Waals surface area contributed by atoms with Crippen LogP contribution >= 0.6 is 0 Å². The molecule has 0 bridgehead atoms. The molecule has 0 fully saturated rings. The van der Waals surface area contributed by atoms with Crippen molar-refractivity contribution >= 4 is 5.91 Å². The third-order valence-corrected chi connectivity index (χ3v) is 3.98. The van der Waals surface area contributed by atoms with Gasteiger partial charge in [-0.3, -0.25) is 4.79 Å². The monoisotopic (exact) mass is 351 g/mol. The van der Waals surface area contributed by atoms with Gasteiger partial charge in [0.25, 0.3) is 5.91 Å². The summed E-state index contributed by atoms with van der Waals surface area (Å²) in [5, 5.41) is 6.91. The Morgan fingerprint density at radius 1 is 1.19 bits per heavy atom. The molecule has 0 saturated carbocycles. The predicted molar refractivity (Wildman–Crippen MR) is 98.0 cm³/mol. The lowest BCUT2D eigenvalue weighted by atomic mass is 10.1. The fraction of sp³-hybridized carbons (Fsp3) is 0.250. The topological polar surface area (TPSA) is 77.2 Å². The van der Waals surface area contributed by atoms with Crippen molar-refractivity contribution in [2.24, 2.45) is 0 Å². The number of aromatic nitrogens is 2. The quantitative estimate of drug-likeness (QED) is 0.728. The Kier molecular flexibility index (Phi) is 5.31. The second kappa shape index (κ2) is 7.82. The van der Waals surface area contributed by atoms with Gasteiger partial charge in [0.2, 0.25) is 11.7 Å². The Morgan fingerprint density at radius 2 is 1.92 bits per heavy atom. The van der Waals surface area contributed by atoms with E-state index in [1.807, 2.05) is 44.2 Å². The van der Waals surface area contributed by atoms with Gasteiger partial charge in [0, 0.05) is 5.56 Å². The number of benzene rings is 2. The maximum atomic E-state index is 12.6. The van der Waals surface area contributed by atoms with Gasteiger partial charge in [-0.2, -0.15) is 4.98 Å². The number of carbonyl (C=O) groups is 1. The largest absolute Gasteiger partial charge is 0.493 e. The predicted octanol–water partition coefficient (Wildman–Crippen LogP) is 3.93. The highest BCUT2D eigenvalue weighted by Crippen LogP contribution is 2.23. The van der Waals surface area contributed by atoms with Crippen molar-refractivity contribution in [3.8, 4) is 17.1 Å². The van der Waals surface area contributed by atoms with Crippen LogP contribution in [0.4, 0.5) is 0 Å². The zero-order chi connectivity index (χ0) is 18.5. The van der Waals surface area contributed by atoms with Gasteiger partial charge in [-0.1, -0.05) is 41.6 Å². The fourth-order valence-corrected chi connectivity index (χ4v) is 2.62. The number of nitrogens with zero attached hydrogens (tertiary/aromatic N) is 2.